The van der Waals surface area contributed by atoms with Crippen LogP contribution in [0.3, 0.4) is 0 Å². The number of hydrogen-bond acceptors (Lipinski definition) is 3. The predicted molar refractivity (Wildman–Crippen MR) is 77.7 cm³/mol. The Morgan fingerprint density at radius 2 is 1.67 bits per heavy atom. The number of carbonyl (C=O) groups excluding carboxylic acids is 2. The zero-order valence-electron chi connectivity index (χ0n) is 12.1. The van der Waals surface area contributed by atoms with Crippen LogP contribution in [-0.4, -0.2) is 26.5 Å². The quantitative estimate of drug-likeness (QED) is 0.809. The maximum absolute atomic E-state index is 12.3. The third kappa shape index (κ3) is 2.46. The number of imide groups is 1. The van der Waals surface area contributed by atoms with Crippen molar-refractivity contribution >= 4 is 11.8 Å². The number of carbonyl (C=O) groups is 2. The second kappa shape index (κ2) is 5.16. The lowest BCUT2D eigenvalue weighted by Gasteiger charge is -2.11. The molecule has 5 nitrogen and oxygen atoms in total. The molecule has 0 fully saturated rings. The fraction of sp³-hybridized carbons (Fsp3) is 0.312. The van der Waals surface area contributed by atoms with Crippen LogP contribution in [0.15, 0.2) is 36.5 Å². The van der Waals surface area contributed by atoms with Crippen molar-refractivity contribution in [1.29, 1.82) is 0 Å². The molecule has 1 aromatic heterocycles. The molecule has 0 atom stereocenters. The van der Waals surface area contributed by atoms with Crippen molar-refractivity contribution in [2.45, 2.75) is 26.9 Å². The van der Waals surface area contributed by atoms with E-state index in [2.05, 4.69) is 18.9 Å². The Morgan fingerprint density at radius 3 is 2.24 bits per heavy atom. The van der Waals surface area contributed by atoms with E-state index in [1.54, 1.807) is 24.3 Å². The number of aromatic nitrogens is 2. The van der Waals surface area contributed by atoms with Gasteiger partial charge in [-0.25, -0.2) is 0 Å². The normalized spacial score (nSPS) is 14.1. The first-order valence-corrected chi connectivity index (χ1v) is 7.04. The SMILES string of the molecule is CC(C)Cn1ccc(CN2C(=O)c3ccccc3C2=O)n1. The Labute approximate surface area is 123 Å². The monoisotopic (exact) mass is 283 g/mol. The molecule has 0 aliphatic carbocycles. The van der Waals surface area contributed by atoms with Crippen molar-refractivity contribution in [3.63, 3.8) is 0 Å². The number of hydrogen-bond donors (Lipinski definition) is 0. The third-order valence-corrected chi connectivity index (χ3v) is 3.45. The maximum Gasteiger partial charge on any atom is 0.261 e. The number of rotatable bonds is 4. The highest BCUT2D eigenvalue weighted by atomic mass is 16.2. The van der Waals surface area contributed by atoms with Crippen LogP contribution in [-0.2, 0) is 13.1 Å². The molecule has 0 bridgehead atoms. The van der Waals surface area contributed by atoms with E-state index >= 15 is 0 Å². The lowest BCUT2D eigenvalue weighted by Crippen LogP contribution is -2.29. The van der Waals surface area contributed by atoms with Crippen LogP contribution < -0.4 is 0 Å². The van der Waals surface area contributed by atoms with E-state index in [1.807, 2.05) is 16.9 Å². The molecule has 21 heavy (non-hydrogen) atoms. The fourth-order valence-corrected chi connectivity index (χ4v) is 2.51. The molecule has 2 heterocycles. The van der Waals surface area contributed by atoms with E-state index in [0.717, 1.165) is 12.2 Å². The van der Waals surface area contributed by atoms with Gasteiger partial charge in [0.05, 0.1) is 23.4 Å². The van der Waals surface area contributed by atoms with E-state index in [-0.39, 0.29) is 18.4 Å². The summed E-state index contributed by atoms with van der Waals surface area (Å²) in [5.41, 5.74) is 1.68. The lowest BCUT2D eigenvalue weighted by atomic mass is 10.1. The highest BCUT2D eigenvalue weighted by molar-refractivity contribution is 6.21. The van der Waals surface area contributed by atoms with Gasteiger partial charge < -0.3 is 0 Å². The van der Waals surface area contributed by atoms with Gasteiger partial charge in [0.1, 0.15) is 0 Å². The standard InChI is InChI=1S/C16H17N3O2/c1-11(2)9-18-8-7-12(17-18)10-19-15(20)13-5-3-4-6-14(13)16(19)21/h3-8,11H,9-10H2,1-2H3. The van der Waals surface area contributed by atoms with E-state index < -0.39 is 0 Å². The number of benzene rings is 1. The summed E-state index contributed by atoms with van der Waals surface area (Å²) in [6.07, 6.45) is 1.88. The summed E-state index contributed by atoms with van der Waals surface area (Å²) >= 11 is 0. The van der Waals surface area contributed by atoms with Crippen molar-refractivity contribution in [3.8, 4) is 0 Å². The van der Waals surface area contributed by atoms with Crippen molar-refractivity contribution < 1.29 is 9.59 Å². The molecular weight excluding hydrogens is 266 g/mol. The Balaban J connectivity index is 1.79. The van der Waals surface area contributed by atoms with Gasteiger partial charge in [-0.1, -0.05) is 26.0 Å². The Hall–Kier alpha value is -2.43. The van der Waals surface area contributed by atoms with E-state index in [0.29, 0.717) is 17.0 Å². The average Bonchev–Trinajstić information content (AvgIpc) is 2.98. The molecule has 3 rings (SSSR count). The van der Waals surface area contributed by atoms with E-state index in [4.69, 9.17) is 0 Å². The fourth-order valence-electron chi connectivity index (χ4n) is 2.51. The smallest absolute Gasteiger partial charge is 0.261 e. The number of nitrogens with zero attached hydrogens (tertiary/aromatic N) is 3. The van der Waals surface area contributed by atoms with Gasteiger partial charge in [0.2, 0.25) is 0 Å². The van der Waals surface area contributed by atoms with Crippen molar-refractivity contribution in [2.75, 3.05) is 0 Å². The third-order valence-electron chi connectivity index (χ3n) is 3.45. The van der Waals surface area contributed by atoms with Crippen LogP contribution in [0.4, 0.5) is 0 Å². The second-order valence-electron chi connectivity index (χ2n) is 5.66. The van der Waals surface area contributed by atoms with Crippen LogP contribution in [0, 0.1) is 5.92 Å². The summed E-state index contributed by atoms with van der Waals surface area (Å²) in [5, 5.41) is 4.42. The molecule has 1 aliphatic heterocycles. The first-order valence-electron chi connectivity index (χ1n) is 7.04. The molecule has 0 saturated heterocycles. The zero-order chi connectivity index (χ0) is 15.0. The molecule has 0 spiro atoms. The molecule has 5 heteroatoms. The highest BCUT2D eigenvalue weighted by Gasteiger charge is 2.35. The molecule has 2 amide bonds. The van der Waals surface area contributed by atoms with Crippen molar-refractivity contribution in [3.05, 3.63) is 53.3 Å². The summed E-state index contributed by atoms with van der Waals surface area (Å²) in [4.78, 5) is 25.8. The van der Waals surface area contributed by atoms with Gasteiger partial charge >= 0.3 is 0 Å². The Kier molecular flexibility index (Phi) is 3.33. The predicted octanol–water partition coefficient (Wildman–Crippen LogP) is 2.34. The van der Waals surface area contributed by atoms with Crippen LogP contribution in [0.2, 0.25) is 0 Å². The summed E-state index contributed by atoms with van der Waals surface area (Å²) in [7, 11) is 0. The maximum atomic E-state index is 12.3. The Morgan fingerprint density at radius 1 is 1.05 bits per heavy atom. The topological polar surface area (TPSA) is 55.2 Å². The first-order chi connectivity index (χ1) is 10.1. The molecule has 108 valence electrons. The van der Waals surface area contributed by atoms with Crippen LogP contribution in [0.25, 0.3) is 0 Å². The van der Waals surface area contributed by atoms with Gasteiger partial charge in [-0.15, -0.1) is 0 Å². The summed E-state index contributed by atoms with van der Waals surface area (Å²) in [6, 6.07) is 8.77. The minimum absolute atomic E-state index is 0.220. The minimum atomic E-state index is -0.242. The van der Waals surface area contributed by atoms with Crippen molar-refractivity contribution in [2.24, 2.45) is 5.92 Å². The van der Waals surface area contributed by atoms with Crippen LogP contribution in [0.5, 0.6) is 0 Å². The molecule has 0 unspecified atom stereocenters. The zero-order valence-corrected chi connectivity index (χ0v) is 12.1. The second-order valence-corrected chi connectivity index (χ2v) is 5.66. The molecule has 0 saturated carbocycles. The van der Waals surface area contributed by atoms with Crippen LogP contribution in [0.1, 0.15) is 40.3 Å². The van der Waals surface area contributed by atoms with Gasteiger partial charge in [-0.3, -0.25) is 19.2 Å². The number of fused-ring (bicyclic) bond motifs is 1. The minimum Gasteiger partial charge on any atom is -0.272 e. The molecule has 2 aromatic rings. The van der Waals surface area contributed by atoms with Crippen LogP contribution >= 0.6 is 0 Å². The highest BCUT2D eigenvalue weighted by Crippen LogP contribution is 2.23. The summed E-state index contributed by atoms with van der Waals surface area (Å²) in [5.74, 6) is 0.0140. The molecular formula is C16H17N3O2. The lowest BCUT2D eigenvalue weighted by molar-refractivity contribution is 0.0640. The van der Waals surface area contributed by atoms with Gasteiger partial charge in [-0.05, 0) is 24.1 Å². The Bertz CT molecular complexity index is 668. The van der Waals surface area contributed by atoms with Gasteiger partial charge in [0.25, 0.3) is 11.8 Å². The van der Waals surface area contributed by atoms with E-state index in [9.17, 15) is 9.59 Å². The largest absolute Gasteiger partial charge is 0.272 e. The van der Waals surface area contributed by atoms with Gasteiger partial charge in [0, 0.05) is 12.7 Å². The molecule has 1 aliphatic rings. The summed E-state index contributed by atoms with van der Waals surface area (Å²) in [6.45, 7) is 5.27. The van der Waals surface area contributed by atoms with E-state index in [1.165, 1.54) is 4.90 Å². The number of amides is 2. The van der Waals surface area contributed by atoms with Gasteiger partial charge in [0.15, 0.2) is 0 Å². The molecule has 1 aromatic carbocycles. The first kappa shape index (κ1) is 13.5. The van der Waals surface area contributed by atoms with Crippen molar-refractivity contribution in [1.82, 2.24) is 14.7 Å². The molecule has 0 N–H and O–H groups in total. The molecule has 0 radical (unpaired) electrons. The average molecular weight is 283 g/mol. The summed E-state index contributed by atoms with van der Waals surface area (Å²) < 4.78 is 1.85. The van der Waals surface area contributed by atoms with Gasteiger partial charge in [-0.2, -0.15) is 5.10 Å².